The monoisotopic (exact) mass is 226 g/mol. The Balaban J connectivity index is 2.59. The molecule has 0 atom stereocenters. The van der Waals surface area contributed by atoms with Crippen LogP contribution < -0.4 is 5.73 Å². The van der Waals surface area contributed by atoms with Crippen LogP contribution in [0.3, 0.4) is 0 Å². The molecule has 0 saturated carbocycles. The van der Waals surface area contributed by atoms with E-state index in [1.807, 2.05) is 0 Å². The highest BCUT2D eigenvalue weighted by Gasteiger charge is 2.16. The van der Waals surface area contributed by atoms with Crippen molar-refractivity contribution in [2.75, 3.05) is 5.73 Å². The molecular formula is C10H8ClFN2O. The molecule has 0 amide bonds. The lowest BCUT2D eigenvalue weighted by Crippen LogP contribution is -1.86. The van der Waals surface area contributed by atoms with E-state index in [1.165, 1.54) is 6.07 Å². The van der Waals surface area contributed by atoms with Gasteiger partial charge >= 0.3 is 0 Å². The van der Waals surface area contributed by atoms with Gasteiger partial charge in [0.1, 0.15) is 10.8 Å². The number of nitrogen functional groups attached to an aromatic ring is 1. The third-order valence-corrected chi connectivity index (χ3v) is 2.39. The van der Waals surface area contributed by atoms with Gasteiger partial charge in [0.25, 0.3) is 0 Å². The van der Waals surface area contributed by atoms with E-state index in [9.17, 15) is 4.39 Å². The Bertz CT molecular complexity index is 510. The number of hydrogen-bond donors (Lipinski definition) is 1. The van der Waals surface area contributed by atoms with Crippen LogP contribution in [-0.2, 0) is 0 Å². The van der Waals surface area contributed by atoms with Crippen LogP contribution in [0.2, 0.25) is 5.02 Å². The number of nitrogens with zero attached hydrogens (tertiary/aromatic N) is 1. The van der Waals surface area contributed by atoms with E-state index >= 15 is 0 Å². The van der Waals surface area contributed by atoms with E-state index in [-0.39, 0.29) is 22.2 Å². The first kappa shape index (κ1) is 9.98. The summed E-state index contributed by atoms with van der Waals surface area (Å²) in [6.07, 6.45) is 0. The minimum absolute atomic E-state index is 0.0617. The molecule has 0 aliphatic rings. The summed E-state index contributed by atoms with van der Waals surface area (Å²) < 4.78 is 18.4. The molecule has 2 aromatic rings. The van der Waals surface area contributed by atoms with Crippen molar-refractivity contribution in [3.8, 4) is 11.3 Å². The molecule has 3 nitrogen and oxygen atoms in total. The normalized spacial score (nSPS) is 10.6. The number of benzene rings is 1. The Morgan fingerprint density at radius 3 is 2.73 bits per heavy atom. The summed E-state index contributed by atoms with van der Waals surface area (Å²) in [5, 5.41) is 3.60. The van der Waals surface area contributed by atoms with Crippen molar-refractivity contribution in [1.29, 1.82) is 0 Å². The molecule has 2 N–H and O–H groups in total. The van der Waals surface area contributed by atoms with Crippen molar-refractivity contribution in [2.45, 2.75) is 6.92 Å². The number of halogens is 2. The summed E-state index contributed by atoms with van der Waals surface area (Å²) >= 11 is 5.81. The van der Waals surface area contributed by atoms with Gasteiger partial charge in [0.05, 0.1) is 5.56 Å². The van der Waals surface area contributed by atoms with Crippen molar-refractivity contribution < 1.29 is 8.91 Å². The quantitative estimate of drug-likeness (QED) is 0.813. The lowest BCUT2D eigenvalue weighted by Gasteiger charge is -2.00. The molecule has 0 bridgehead atoms. The van der Waals surface area contributed by atoms with Crippen LogP contribution in [0.1, 0.15) is 5.56 Å². The van der Waals surface area contributed by atoms with Crippen LogP contribution >= 0.6 is 11.6 Å². The maximum atomic E-state index is 13.5. The van der Waals surface area contributed by atoms with Gasteiger partial charge in [-0.1, -0.05) is 22.8 Å². The molecule has 0 radical (unpaired) electrons. The molecular weight excluding hydrogens is 219 g/mol. The van der Waals surface area contributed by atoms with Gasteiger partial charge in [-0.15, -0.1) is 0 Å². The Morgan fingerprint density at radius 1 is 1.47 bits per heavy atom. The predicted octanol–water partition coefficient (Wildman–Crippen LogP) is 3.02. The molecule has 0 aliphatic carbocycles. The fraction of sp³-hybridized carbons (Fsp3) is 0.100. The van der Waals surface area contributed by atoms with E-state index in [1.54, 1.807) is 19.1 Å². The van der Waals surface area contributed by atoms with Crippen LogP contribution in [0, 0.1) is 12.7 Å². The molecule has 1 aromatic heterocycles. The van der Waals surface area contributed by atoms with Crippen molar-refractivity contribution in [3.05, 3.63) is 34.6 Å². The summed E-state index contributed by atoms with van der Waals surface area (Å²) in [6, 6.07) is 4.73. The van der Waals surface area contributed by atoms with Gasteiger partial charge < -0.3 is 10.3 Å². The third kappa shape index (κ3) is 1.68. The van der Waals surface area contributed by atoms with Gasteiger partial charge in [-0.2, -0.15) is 0 Å². The minimum Gasteiger partial charge on any atom is -0.380 e. The topological polar surface area (TPSA) is 52.0 Å². The van der Waals surface area contributed by atoms with Gasteiger partial charge in [0, 0.05) is 0 Å². The molecule has 0 saturated heterocycles. The molecule has 1 heterocycles. The minimum atomic E-state index is -0.409. The van der Waals surface area contributed by atoms with Gasteiger partial charge in [0.2, 0.25) is 0 Å². The third-order valence-electron chi connectivity index (χ3n) is 2.03. The number of nitrogens with two attached hydrogens (primary N) is 1. The zero-order valence-electron chi connectivity index (χ0n) is 7.92. The van der Waals surface area contributed by atoms with E-state index in [0.29, 0.717) is 0 Å². The Hall–Kier alpha value is -1.55. The summed E-state index contributed by atoms with van der Waals surface area (Å²) in [4.78, 5) is 0. The fourth-order valence-electron chi connectivity index (χ4n) is 1.26. The van der Waals surface area contributed by atoms with Crippen molar-refractivity contribution in [2.24, 2.45) is 0 Å². The summed E-state index contributed by atoms with van der Waals surface area (Å²) in [6.45, 7) is 1.79. The first-order valence-corrected chi connectivity index (χ1v) is 4.64. The highest BCUT2D eigenvalue weighted by atomic mass is 35.5. The molecule has 0 spiro atoms. The average molecular weight is 227 g/mol. The summed E-state index contributed by atoms with van der Waals surface area (Å²) in [5.41, 5.74) is 6.48. The van der Waals surface area contributed by atoms with Crippen LogP contribution in [-0.4, -0.2) is 5.16 Å². The fourth-order valence-corrected chi connectivity index (χ4v) is 1.43. The van der Waals surface area contributed by atoms with Gasteiger partial charge in [-0.3, -0.25) is 0 Å². The summed E-state index contributed by atoms with van der Waals surface area (Å²) in [5.74, 6) is -0.189. The van der Waals surface area contributed by atoms with Crippen molar-refractivity contribution in [1.82, 2.24) is 5.16 Å². The Kier molecular flexibility index (Phi) is 2.36. The van der Waals surface area contributed by atoms with Crippen LogP contribution in [0.4, 0.5) is 10.2 Å². The average Bonchev–Trinajstić information content (AvgIpc) is 2.49. The van der Waals surface area contributed by atoms with Crippen molar-refractivity contribution >= 4 is 17.4 Å². The first-order valence-electron chi connectivity index (χ1n) is 4.26. The smallest absolute Gasteiger partial charge is 0.190 e. The molecule has 0 aliphatic heterocycles. The number of aryl methyl sites for hydroxylation is 1. The highest BCUT2D eigenvalue weighted by molar-refractivity contribution is 6.35. The second-order valence-electron chi connectivity index (χ2n) is 3.19. The van der Waals surface area contributed by atoms with E-state index in [4.69, 9.17) is 21.9 Å². The largest absolute Gasteiger partial charge is 0.380 e. The lowest BCUT2D eigenvalue weighted by molar-refractivity contribution is 0.433. The number of rotatable bonds is 1. The second-order valence-corrected chi connectivity index (χ2v) is 3.57. The molecule has 0 fully saturated rings. The van der Waals surface area contributed by atoms with Gasteiger partial charge in [-0.25, -0.2) is 4.39 Å². The van der Waals surface area contributed by atoms with Crippen LogP contribution in [0.5, 0.6) is 0 Å². The van der Waals surface area contributed by atoms with Gasteiger partial charge in [0.15, 0.2) is 11.6 Å². The maximum absolute atomic E-state index is 13.5. The molecule has 5 heteroatoms. The predicted molar refractivity (Wildman–Crippen MR) is 56.1 cm³/mol. The number of anilines is 1. The molecule has 2 rings (SSSR count). The van der Waals surface area contributed by atoms with Crippen LogP contribution in [0.25, 0.3) is 11.3 Å². The SMILES string of the molecule is Cc1ccc(-c2onc(N)c2Cl)c(F)c1. The van der Waals surface area contributed by atoms with E-state index < -0.39 is 5.82 Å². The zero-order valence-corrected chi connectivity index (χ0v) is 8.68. The Morgan fingerprint density at radius 2 is 2.20 bits per heavy atom. The summed E-state index contributed by atoms with van der Waals surface area (Å²) in [7, 11) is 0. The zero-order chi connectivity index (χ0) is 11.0. The van der Waals surface area contributed by atoms with Gasteiger partial charge in [-0.05, 0) is 24.6 Å². The molecule has 1 aromatic carbocycles. The Labute approximate surface area is 90.6 Å². The van der Waals surface area contributed by atoms with E-state index in [2.05, 4.69) is 5.16 Å². The van der Waals surface area contributed by atoms with Crippen molar-refractivity contribution in [3.63, 3.8) is 0 Å². The van der Waals surface area contributed by atoms with E-state index in [0.717, 1.165) is 5.56 Å². The highest BCUT2D eigenvalue weighted by Crippen LogP contribution is 2.33. The molecule has 15 heavy (non-hydrogen) atoms. The first-order chi connectivity index (χ1) is 7.09. The maximum Gasteiger partial charge on any atom is 0.190 e. The molecule has 0 unspecified atom stereocenters. The second kappa shape index (κ2) is 3.55. The lowest BCUT2D eigenvalue weighted by atomic mass is 10.1. The van der Waals surface area contributed by atoms with Crippen LogP contribution in [0.15, 0.2) is 22.7 Å². The molecule has 78 valence electrons. The standard InChI is InChI=1S/C10H8ClFN2O/c1-5-2-3-6(7(12)4-5)9-8(11)10(13)14-15-9/h2-4H,1H3,(H2,13,14). The number of aromatic nitrogens is 1. The number of hydrogen-bond acceptors (Lipinski definition) is 3.